The first-order chi connectivity index (χ1) is 5.57. The highest BCUT2D eigenvalue weighted by atomic mass is 15.3. The molecule has 0 unspecified atom stereocenters. The Kier molecular flexibility index (Phi) is 1.92. The molecule has 1 aromatic heterocycles. The molecule has 5 nitrogen and oxygen atoms in total. The normalized spacial score (nSPS) is 10.2. The van der Waals surface area contributed by atoms with Gasteiger partial charge in [0.2, 0.25) is 0 Å². The maximum atomic E-state index is 8.58. The Hall–Kier alpha value is -1.70. The summed E-state index contributed by atoms with van der Waals surface area (Å²) < 4.78 is 1.54. The number of anilines is 2. The smallest absolute Gasteiger partial charge is 0.187 e. The number of hydrogen-bond donors (Lipinski definition) is 2. The summed E-state index contributed by atoms with van der Waals surface area (Å²) in [6.07, 6.45) is 0. The molecule has 1 heterocycles. The van der Waals surface area contributed by atoms with Crippen LogP contribution in [0.3, 0.4) is 0 Å². The second-order valence-electron chi connectivity index (χ2n) is 2.80. The molecule has 0 fully saturated rings. The molecule has 0 radical (unpaired) electrons. The van der Waals surface area contributed by atoms with Crippen LogP contribution >= 0.6 is 0 Å². The van der Waals surface area contributed by atoms with Gasteiger partial charge in [-0.05, 0) is 13.8 Å². The Morgan fingerprint density at radius 3 is 2.33 bits per heavy atom. The van der Waals surface area contributed by atoms with Crippen LogP contribution in [0.2, 0.25) is 0 Å². The summed E-state index contributed by atoms with van der Waals surface area (Å²) in [5.74, 6) is 0.363. The van der Waals surface area contributed by atoms with Crippen LogP contribution < -0.4 is 11.5 Å². The van der Waals surface area contributed by atoms with E-state index in [1.807, 2.05) is 19.9 Å². The molecule has 0 aliphatic heterocycles. The van der Waals surface area contributed by atoms with Crippen molar-refractivity contribution in [2.75, 3.05) is 11.5 Å². The van der Waals surface area contributed by atoms with Crippen molar-refractivity contribution in [2.45, 2.75) is 19.9 Å². The molecule has 0 amide bonds. The monoisotopic (exact) mass is 165 g/mol. The molecule has 0 saturated heterocycles. The van der Waals surface area contributed by atoms with Crippen molar-refractivity contribution in [3.63, 3.8) is 0 Å². The molecule has 5 heteroatoms. The van der Waals surface area contributed by atoms with E-state index in [1.165, 1.54) is 4.68 Å². The van der Waals surface area contributed by atoms with E-state index in [0.717, 1.165) is 0 Å². The van der Waals surface area contributed by atoms with Crippen LogP contribution in [-0.4, -0.2) is 9.78 Å². The lowest BCUT2D eigenvalue weighted by molar-refractivity contribution is 0.539. The average Bonchev–Trinajstić information content (AvgIpc) is 2.30. The van der Waals surface area contributed by atoms with Gasteiger partial charge < -0.3 is 11.5 Å². The minimum atomic E-state index is 0.120. The summed E-state index contributed by atoms with van der Waals surface area (Å²) in [6, 6.07) is 1.99. The lowest BCUT2D eigenvalue weighted by atomic mass is 10.3. The summed E-state index contributed by atoms with van der Waals surface area (Å²) in [6.45, 7) is 3.84. The van der Waals surface area contributed by atoms with Gasteiger partial charge in [0.1, 0.15) is 17.6 Å². The van der Waals surface area contributed by atoms with Gasteiger partial charge in [0.05, 0.1) is 0 Å². The zero-order valence-corrected chi connectivity index (χ0v) is 7.07. The lowest BCUT2D eigenvalue weighted by Gasteiger charge is -2.06. The van der Waals surface area contributed by atoms with E-state index in [1.54, 1.807) is 0 Å². The first kappa shape index (κ1) is 8.40. The number of hydrogen-bond acceptors (Lipinski definition) is 4. The molecule has 4 N–H and O–H groups in total. The van der Waals surface area contributed by atoms with Crippen LogP contribution in [0.5, 0.6) is 0 Å². The predicted octanol–water partition coefficient (Wildman–Crippen LogP) is 0.500. The second-order valence-corrected chi connectivity index (χ2v) is 2.80. The van der Waals surface area contributed by atoms with Gasteiger partial charge in [0.25, 0.3) is 0 Å². The summed E-state index contributed by atoms with van der Waals surface area (Å²) in [5.41, 5.74) is 11.6. The molecule has 0 spiro atoms. The molecule has 0 aromatic carbocycles. The molecular weight excluding hydrogens is 154 g/mol. The van der Waals surface area contributed by atoms with E-state index in [9.17, 15) is 0 Å². The second kappa shape index (κ2) is 2.74. The number of nitriles is 1. The van der Waals surface area contributed by atoms with Gasteiger partial charge in [-0.2, -0.15) is 10.4 Å². The van der Waals surface area contributed by atoms with Gasteiger partial charge in [-0.3, -0.25) is 0 Å². The van der Waals surface area contributed by atoms with Gasteiger partial charge in [-0.25, -0.2) is 4.68 Å². The van der Waals surface area contributed by atoms with Crippen molar-refractivity contribution >= 4 is 11.5 Å². The molecule has 0 aliphatic rings. The van der Waals surface area contributed by atoms with Crippen molar-refractivity contribution in [1.82, 2.24) is 9.78 Å². The molecule has 0 saturated carbocycles. The third kappa shape index (κ3) is 1.07. The first-order valence-corrected chi connectivity index (χ1v) is 3.61. The minimum Gasteiger partial charge on any atom is -0.393 e. The SMILES string of the molecule is CC(C)n1nc(C#N)c(N)c1N. The summed E-state index contributed by atoms with van der Waals surface area (Å²) >= 11 is 0. The highest BCUT2D eigenvalue weighted by Gasteiger charge is 2.13. The van der Waals surface area contributed by atoms with Crippen LogP contribution in [0, 0.1) is 11.3 Å². The number of nitrogens with two attached hydrogens (primary N) is 2. The molecule has 0 bridgehead atoms. The van der Waals surface area contributed by atoms with Crippen LogP contribution in [0.25, 0.3) is 0 Å². The van der Waals surface area contributed by atoms with Crippen molar-refractivity contribution in [3.05, 3.63) is 5.69 Å². The van der Waals surface area contributed by atoms with Crippen LogP contribution in [0.1, 0.15) is 25.6 Å². The Balaban J connectivity index is 3.27. The minimum absolute atomic E-state index is 0.120. The molecule has 0 aliphatic carbocycles. The van der Waals surface area contributed by atoms with Gasteiger partial charge in [-0.15, -0.1) is 0 Å². The average molecular weight is 165 g/mol. The van der Waals surface area contributed by atoms with E-state index in [4.69, 9.17) is 16.7 Å². The lowest BCUT2D eigenvalue weighted by Crippen LogP contribution is -2.07. The quantitative estimate of drug-likeness (QED) is 0.633. The summed E-state index contributed by atoms with van der Waals surface area (Å²) in [7, 11) is 0. The van der Waals surface area contributed by atoms with Crippen LogP contribution in [-0.2, 0) is 0 Å². The molecule has 0 atom stereocenters. The van der Waals surface area contributed by atoms with Crippen LogP contribution in [0.4, 0.5) is 11.5 Å². The Labute approximate surface area is 70.6 Å². The first-order valence-electron chi connectivity index (χ1n) is 3.61. The zero-order chi connectivity index (χ0) is 9.30. The van der Waals surface area contributed by atoms with E-state index >= 15 is 0 Å². The standard InChI is InChI=1S/C7H11N5/c1-4(2)12-7(10)6(9)5(3-8)11-12/h4H,9-10H2,1-2H3. The van der Waals surface area contributed by atoms with Crippen molar-refractivity contribution < 1.29 is 0 Å². The number of aromatic nitrogens is 2. The van der Waals surface area contributed by atoms with Gasteiger partial charge in [-0.1, -0.05) is 0 Å². The van der Waals surface area contributed by atoms with Crippen molar-refractivity contribution in [3.8, 4) is 6.07 Å². The number of nitrogen functional groups attached to an aromatic ring is 2. The van der Waals surface area contributed by atoms with Gasteiger partial charge in [0.15, 0.2) is 5.69 Å². The summed E-state index contributed by atoms with van der Waals surface area (Å²) in [5, 5.41) is 12.5. The fourth-order valence-corrected chi connectivity index (χ4v) is 0.936. The Morgan fingerprint density at radius 1 is 1.50 bits per heavy atom. The third-order valence-corrected chi connectivity index (χ3v) is 1.58. The molecule has 1 rings (SSSR count). The van der Waals surface area contributed by atoms with E-state index in [2.05, 4.69) is 5.10 Å². The van der Waals surface area contributed by atoms with E-state index in [0.29, 0.717) is 5.82 Å². The van der Waals surface area contributed by atoms with Crippen LogP contribution in [0.15, 0.2) is 0 Å². The fraction of sp³-hybridized carbons (Fsp3) is 0.429. The van der Waals surface area contributed by atoms with Gasteiger partial charge in [0, 0.05) is 6.04 Å². The zero-order valence-electron chi connectivity index (χ0n) is 7.07. The van der Waals surface area contributed by atoms with E-state index < -0.39 is 0 Å². The number of rotatable bonds is 1. The van der Waals surface area contributed by atoms with Crippen molar-refractivity contribution in [1.29, 1.82) is 5.26 Å². The topological polar surface area (TPSA) is 93.6 Å². The fourth-order valence-electron chi connectivity index (χ4n) is 0.936. The summed E-state index contributed by atoms with van der Waals surface area (Å²) in [4.78, 5) is 0. The van der Waals surface area contributed by atoms with E-state index in [-0.39, 0.29) is 17.4 Å². The highest BCUT2D eigenvalue weighted by Crippen LogP contribution is 2.21. The highest BCUT2D eigenvalue weighted by molar-refractivity contribution is 5.65. The Morgan fingerprint density at radius 2 is 2.08 bits per heavy atom. The molecule has 1 aromatic rings. The maximum absolute atomic E-state index is 8.58. The molecule has 64 valence electrons. The largest absolute Gasteiger partial charge is 0.393 e. The predicted molar refractivity (Wildman–Crippen MR) is 46.2 cm³/mol. The Bertz CT molecular complexity index is 330. The number of nitrogens with zero attached hydrogens (tertiary/aromatic N) is 3. The molecular formula is C7H11N5. The third-order valence-electron chi connectivity index (χ3n) is 1.58. The molecule has 12 heavy (non-hydrogen) atoms. The van der Waals surface area contributed by atoms with Gasteiger partial charge >= 0.3 is 0 Å². The van der Waals surface area contributed by atoms with Crippen molar-refractivity contribution in [2.24, 2.45) is 0 Å². The maximum Gasteiger partial charge on any atom is 0.187 e.